The molecule has 0 saturated heterocycles. The summed E-state index contributed by atoms with van der Waals surface area (Å²) in [6, 6.07) is 9.09. The van der Waals surface area contributed by atoms with E-state index in [0.717, 1.165) is 18.4 Å². The van der Waals surface area contributed by atoms with Gasteiger partial charge in [-0.1, -0.05) is 12.1 Å². The van der Waals surface area contributed by atoms with Gasteiger partial charge in [0.1, 0.15) is 10.6 Å². The monoisotopic (exact) mass is 288 g/mol. The maximum atomic E-state index is 12.6. The van der Waals surface area contributed by atoms with E-state index in [9.17, 15) is 9.90 Å². The first-order valence-corrected chi connectivity index (χ1v) is 7.45. The molecule has 0 atom stereocenters. The van der Waals surface area contributed by atoms with Gasteiger partial charge >= 0.3 is 0 Å². The predicted octanol–water partition coefficient (Wildman–Crippen LogP) is 2.84. The molecule has 2 aromatic rings. The molecule has 0 unspecified atom stereocenters. The lowest BCUT2D eigenvalue weighted by Crippen LogP contribution is -2.32. The van der Waals surface area contributed by atoms with Crippen LogP contribution in [0.4, 0.5) is 5.69 Å². The molecule has 104 valence electrons. The van der Waals surface area contributed by atoms with Crippen molar-refractivity contribution in [2.24, 2.45) is 0 Å². The highest BCUT2D eigenvalue weighted by Gasteiger charge is 2.34. The van der Waals surface area contributed by atoms with Gasteiger partial charge in [-0.3, -0.25) is 4.79 Å². The van der Waals surface area contributed by atoms with E-state index in [1.165, 1.54) is 11.3 Å². The minimum atomic E-state index is -0.0108. The fraction of sp³-hybridized carbons (Fsp3) is 0.267. The maximum Gasteiger partial charge on any atom is 0.266 e. The summed E-state index contributed by atoms with van der Waals surface area (Å²) in [5, 5.41) is 11.4. The Bertz CT molecular complexity index is 634. The van der Waals surface area contributed by atoms with Crippen LogP contribution in [0, 0.1) is 0 Å². The van der Waals surface area contributed by atoms with Crippen LogP contribution < -0.4 is 5.73 Å². The summed E-state index contributed by atoms with van der Waals surface area (Å²) < 4.78 is 0. The Balaban J connectivity index is 1.83. The Hall–Kier alpha value is -2.01. The van der Waals surface area contributed by atoms with Crippen molar-refractivity contribution >= 4 is 22.9 Å². The van der Waals surface area contributed by atoms with E-state index in [0.29, 0.717) is 23.2 Å². The van der Waals surface area contributed by atoms with Crippen LogP contribution in [-0.2, 0) is 6.54 Å². The molecule has 0 bridgehead atoms. The van der Waals surface area contributed by atoms with E-state index >= 15 is 0 Å². The minimum absolute atomic E-state index is 0.0108. The molecule has 5 heteroatoms. The molecule has 4 nitrogen and oxygen atoms in total. The Morgan fingerprint density at radius 1 is 1.40 bits per heavy atom. The number of benzene rings is 1. The zero-order chi connectivity index (χ0) is 14.1. The molecular formula is C15H16N2O2S. The number of amides is 1. The molecule has 0 radical (unpaired) electrons. The molecule has 1 aromatic carbocycles. The average Bonchev–Trinajstić information content (AvgIpc) is 3.17. The molecule has 1 amide bonds. The third-order valence-electron chi connectivity index (χ3n) is 3.40. The van der Waals surface area contributed by atoms with E-state index in [4.69, 9.17) is 5.73 Å². The number of carbonyl (C=O) groups is 1. The van der Waals surface area contributed by atoms with Gasteiger partial charge in [0.15, 0.2) is 0 Å². The van der Waals surface area contributed by atoms with Crippen LogP contribution in [0.5, 0.6) is 5.75 Å². The quantitative estimate of drug-likeness (QED) is 0.909. The van der Waals surface area contributed by atoms with E-state index < -0.39 is 0 Å². The molecule has 1 aromatic heterocycles. The highest BCUT2D eigenvalue weighted by atomic mass is 32.1. The first kappa shape index (κ1) is 13.0. The van der Waals surface area contributed by atoms with Gasteiger partial charge in [0.05, 0.1) is 5.69 Å². The van der Waals surface area contributed by atoms with Crippen LogP contribution in [0.25, 0.3) is 0 Å². The number of rotatable bonds is 4. The van der Waals surface area contributed by atoms with Crippen molar-refractivity contribution in [1.82, 2.24) is 4.90 Å². The molecule has 0 spiro atoms. The lowest BCUT2D eigenvalue weighted by Gasteiger charge is -2.22. The Morgan fingerprint density at radius 3 is 2.80 bits per heavy atom. The second kappa shape index (κ2) is 5.17. The number of nitrogens with zero attached hydrogens (tertiary/aromatic N) is 1. The molecule has 1 aliphatic carbocycles. The molecule has 1 heterocycles. The largest absolute Gasteiger partial charge is 0.508 e. The standard InChI is InChI=1S/C15H16N2O2S/c16-13-6-7-20-14(13)15(19)17(11-4-5-11)9-10-2-1-3-12(18)8-10/h1-3,6-8,11,18H,4-5,9,16H2. The SMILES string of the molecule is Nc1ccsc1C(=O)N(Cc1cccc(O)c1)C1CC1. The average molecular weight is 288 g/mol. The molecule has 3 rings (SSSR count). The van der Waals surface area contributed by atoms with Crippen LogP contribution in [-0.4, -0.2) is 22.0 Å². The van der Waals surface area contributed by atoms with Gasteiger partial charge < -0.3 is 15.7 Å². The molecule has 1 saturated carbocycles. The highest BCUT2D eigenvalue weighted by molar-refractivity contribution is 7.12. The number of nitrogens with two attached hydrogens (primary N) is 1. The number of aromatic hydroxyl groups is 1. The van der Waals surface area contributed by atoms with Gasteiger partial charge in [0.25, 0.3) is 5.91 Å². The predicted molar refractivity (Wildman–Crippen MR) is 79.7 cm³/mol. The highest BCUT2D eigenvalue weighted by Crippen LogP contribution is 2.32. The van der Waals surface area contributed by atoms with Crippen LogP contribution in [0.15, 0.2) is 35.7 Å². The van der Waals surface area contributed by atoms with E-state index in [1.54, 1.807) is 24.3 Å². The van der Waals surface area contributed by atoms with Crippen molar-refractivity contribution in [3.63, 3.8) is 0 Å². The van der Waals surface area contributed by atoms with Gasteiger partial charge in [0.2, 0.25) is 0 Å². The fourth-order valence-corrected chi connectivity index (χ4v) is 3.00. The molecular weight excluding hydrogens is 272 g/mol. The fourth-order valence-electron chi connectivity index (χ4n) is 2.23. The normalized spacial score (nSPS) is 14.2. The second-order valence-electron chi connectivity index (χ2n) is 5.04. The number of phenolic OH excluding ortho intramolecular Hbond substituents is 1. The molecule has 20 heavy (non-hydrogen) atoms. The van der Waals surface area contributed by atoms with Crippen molar-refractivity contribution in [2.45, 2.75) is 25.4 Å². The first-order valence-electron chi connectivity index (χ1n) is 6.57. The second-order valence-corrected chi connectivity index (χ2v) is 5.96. The number of phenols is 1. The van der Waals surface area contributed by atoms with Crippen molar-refractivity contribution in [2.75, 3.05) is 5.73 Å². The summed E-state index contributed by atoms with van der Waals surface area (Å²) in [7, 11) is 0. The lowest BCUT2D eigenvalue weighted by molar-refractivity contribution is 0.0735. The lowest BCUT2D eigenvalue weighted by atomic mass is 10.2. The summed E-state index contributed by atoms with van der Waals surface area (Å²) in [5.74, 6) is 0.213. The van der Waals surface area contributed by atoms with E-state index in [-0.39, 0.29) is 11.7 Å². The molecule has 1 fully saturated rings. The summed E-state index contributed by atoms with van der Waals surface area (Å²) in [6.45, 7) is 0.509. The van der Waals surface area contributed by atoms with E-state index in [2.05, 4.69) is 0 Å². The van der Waals surface area contributed by atoms with Gasteiger partial charge in [-0.05, 0) is 42.0 Å². The Morgan fingerprint density at radius 2 is 2.20 bits per heavy atom. The Labute approximate surface area is 121 Å². The molecule has 3 N–H and O–H groups in total. The third-order valence-corrected chi connectivity index (χ3v) is 4.32. The number of thiophene rings is 1. The summed E-state index contributed by atoms with van der Waals surface area (Å²) >= 11 is 1.38. The van der Waals surface area contributed by atoms with Crippen LogP contribution in [0.1, 0.15) is 28.1 Å². The molecule has 0 aliphatic heterocycles. The van der Waals surface area contributed by atoms with Crippen LogP contribution >= 0.6 is 11.3 Å². The topological polar surface area (TPSA) is 66.6 Å². The number of carbonyl (C=O) groups excluding carboxylic acids is 1. The smallest absolute Gasteiger partial charge is 0.266 e. The zero-order valence-electron chi connectivity index (χ0n) is 11.0. The summed E-state index contributed by atoms with van der Waals surface area (Å²) in [6.07, 6.45) is 2.08. The van der Waals surface area contributed by atoms with Gasteiger partial charge in [-0.15, -0.1) is 11.3 Å². The van der Waals surface area contributed by atoms with Gasteiger partial charge in [-0.2, -0.15) is 0 Å². The zero-order valence-corrected chi connectivity index (χ0v) is 11.8. The van der Waals surface area contributed by atoms with Crippen molar-refractivity contribution in [3.05, 3.63) is 46.2 Å². The van der Waals surface area contributed by atoms with Gasteiger partial charge in [0, 0.05) is 12.6 Å². The Kier molecular flexibility index (Phi) is 3.36. The number of nitrogen functional groups attached to an aromatic ring is 1. The minimum Gasteiger partial charge on any atom is -0.508 e. The summed E-state index contributed by atoms with van der Waals surface area (Å²) in [5.41, 5.74) is 7.31. The third kappa shape index (κ3) is 2.63. The number of hydrogen-bond acceptors (Lipinski definition) is 4. The van der Waals surface area contributed by atoms with Crippen molar-refractivity contribution in [1.29, 1.82) is 0 Å². The first-order chi connectivity index (χ1) is 9.65. The van der Waals surface area contributed by atoms with Crippen LogP contribution in [0.2, 0.25) is 0 Å². The summed E-state index contributed by atoms with van der Waals surface area (Å²) in [4.78, 5) is 15.1. The van der Waals surface area contributed by atoms with Crippen LogP contribution in [0.3, 0.4) is 0 Å². The van der Waals surface area contributed by atoms with Crippen molar-refractivity contribution in [3.8, 4) is 5.75 Å². The maximum absolute atomic E-state index is 12.6. The number of anilines is 1. The number of hydrogen-bond donors (Lipinski definition) is 2. The van der Waals surface area contributed by atoms with E-state index in [1.807, 2.05) is 16.3 Å². The molecule has 1 aliphatic rings. The van der Waals surface area contributed by atoms with Crippen molar-refractivity contribution < 1.29 is 9.90 Å². The van der Waals surface area contributed by atoms with Gasteiger partial charge in [-0.25, -0.2) is 0 Å².